The molecule has 0 spiro atoms. The van der Waals surface area contributed by atoms with E-state index >= 15 is 0 Å². The van der Waals surface area contributed by atoms with Crippen molar-refractivity contribution < 1.29 is 14.3 Å². The summed E-state index contributed by atoms with van der Waals surface area (Å²) in [4.78, 5) is 15.8. The third kappa shape index (κ3) is 6.34. The second-order valence-electron chi connectivity index (χ2n) is 5.42. The number of ether oxygens (including phenoxy) is 2. The Morgan fingerprint density at radius 3 is 2.72 bits per heavy atom. The van der Waals surface area contributed by atoms with E-state index in [0.717, 1.165) is 27.4 Å². The van der Waals surface area contributed by atoms with Crippen molar-refractivity contribution in [1.82, 2.24) is 9.99 Å². The number of benzene rings is 1. The molecular weight excluding hydrogens is 342 g/mol. The molecule has 0 aliphatic carbocycles. The number of pyridine rings is 1. The van der Waals surface area contributed by atoms with Gasteiger partial charge >= 0.3 is 0 Å². The Morgan fingerprint density at radius 2 is 2.08 bits per heavy atom. The predicted molar refractivity (Wildman–Crippen MR) is 99.6 cm³/mol. The number of carbonyl (C=O) groups is 1. The minimum atomic E-state index is -0.104. The van der Waals surface area contributed by atoms with E-state index in [0.29, 0.717) is 26.1 Å². The molecule has 1 aromatic heterocycles. The Balaban J connectivity index is 0.00000312. The molecule has 136 valence electrons. The molecule has 7 heteroatoms. The van der Waals surface area contributed by atoms with Gasteiger partial charge in [0.05, 0.1) is 6.61 Å². The number of hydrazine groups is 1. The van der Waals surface area contributed by atoms with Gasteiger partial charge in [0.2, 0.25) is 5.91 Å². The quantitative estimate of drug-likeness (QED) is 0.336. The van der Waals surface area contributed by atoms with Crippen LogP contribution in [-0.2, 0) is 16.0 Å². The van der Waals surface area contributed by atoms with Gasteiger partial charge in [0.15, 0.2) is 0 Å². The zero-order valence-corrected chi connectivity index (χ0v) is 15.3. The summed E-state index contributed by atoms with van der Waals surface area (Å²) in [6.07, 6.45) is 4.49. The highest BCUT2D eigenvalue weighted by Gasteiger charge is 2.10. The monoisotopic (exact) mass is 365 g/mol. The lowest BCUT2D eigenvalue weighted by atomic mass is 10.0. The van der Waals surface area contributed by atoms with E-state index in [-0.39, 0.29) is 18.3 Å². The molecule has 0 fully saturated rings. The number of nitrogens with two attached hydrogens (primary N) is 1. The van der Waals surface area contributed by atoms with Crippen LogP contribution in [0.3, 0.4) is 0 Å². The van der Waals surface area contributed by atoms with Crippen molar-refractivity contribution in [2.75, 3.05) is 27.4 Å². The molecule has 0 bridgehead atoms. The fourth-order valence-corrected chi connectivity index (χ4v) is 2.26. The van der Waals surface area contributed by atoms with E-state index in [2.05, 4.69) is 4.98 Å². The van der Waals surface area contributed by atoms with Gasteiger partial charge < -0.3 is 9.47 Å². The van der Waals surface area contributed by atoms with Crippen LogP contribution in [0.2, 0.25) is 0 Å². The Hall–Kier alpha value is -2.15. The Morgan fingerprint density at radius 1 is 1.28 bits per heavy atom. The lowest BCUT2D eigenvalue weighted by Gasteiger charge is -2.14. The summed E-state index contributed by atoms with van der Waals surface area (Å²) in [5, 5.41) is 1.11. The van der Waals surface area contributed by atoms with Crippen molar-refractivity contribution in [3.05, 3.63) is 48.3 Å². The van der Waals surface area contributed by atoms with Crippen molar-refractivity contribution in [1.29, 1.82) is 0 Å². The highest BCUT2D eigenvalue weighted by Crippen LogP contribution is 2.31. The minimum absolute atomic E-state index is 0. The van der Waals surface area contributed by atoms with Gasteiger partial charge in [-0.3, -0.25) is 14.8 Å². The highest BCUT2D eigenvalue weighted by molar-refractivity contribution is 5.85. The van der Waals surface area contributed by atoms with E-state index in [9.17, 15) is 4.79 Å². The Kier molecular flexibility index (Phi) is 8.91. The first kappa shape index (κ1) is 20.9. The molecule has 1 aromatic carbocycles. The molecule has 1 heterocycles. The van der Waals surface area contributed by atoms with Gasteiger partial charge in [0.1, 0.15) is 12.4 Å². The zero-order valence-electron chi connectivity index (χ0n) is 14.5. The minimum Gasteiger partial charge on any atom is -0.491 e. The summed E-state index contributed by atoms with van der Waals surface area (Å²) in [5.74, 6) is 6.10. The third-order valence-corrected chi connectivity index (χ3v) is 3.58. The van der Waals surface area contributed by atoms with Crippen LogP contribution in [0.4, 0.5) is 0 Å². The Labute approximate surface area is 154 Å². The van der Waals surface area contributed by atoms with E-state index in [1.54, 1.807) is 26.6 Å². The first-order valence-electron chi connectivity index (χ1n) is 7.78. The van der Waals surface area contributed by atoms with E-state index in [1.165, 1.54) is 0 Å². The van der Waals surface area contributed by atoms with Gasteiger partial charge in [-0.1, -0.05) is 18.2 Å². The van der Waals surface area contributed by atoms with Gasteiger partial charge in [-0.2, -0.15) is 0 Å². The number of halogens is 1. The second kappa shape index (κ2) is 10.7. The van der Waals surface area contributed by atoms with Gasteiger partial charge in [-0.25, -0.2) is 5.84 Å². The lowest BCUT2D eigenvalue weighted by molar-refractivity contribution is -0.130. The largest absolute Gasteiger partial charge is 0.491 e. The summed E-state index contributed by atoms with van der Waals surface area (Å²) in [6, 6.07) is 9.82. The summed E-state index contributed by atoms with van der Waals surface area (Å²) >= 11 is 0. The maximum Gasteiger partial charge on any atom is 0.236 e. The van der Waals surface area contributed by atoms with Crippen LogP contribution < -0.4 is 10.6 Å². The van der Waals surface area contributed by atoms with Gasteiger partial charge in [-0.05, 0) is 24.1 Å². The van der Waals surface area contributed by atoms with Crippen LogP contribution in [0.25, 0.3) is 11.1 Å². The summed E-state index contributed by atoms with van der Waals surface area (Å²) in [6.45, 7) is 0.963. The number of hydrogen-bond acceptors (Lipinski definition) is 5. The van der Waals surface area contributed by atoms with Crippen LogP contribution in [-0.4, -0.2) is 43.3 Å². The number of aromatic nitrogens is 1. The molecule has 0 aliphatic heterocycles. The van der Waals surface area contributed by atoms with E-state index in [1.807, 2.05) is 30.3 Å². The number of carbonyl (C=O) groups excluding carboxylic acids is 1. The first-order valence-corrected chi connectivity index (χ1v) is 7.78. The number of hydrogen-bond donors (Lipinski definition) is 1. The molecule has 2 N–H and O–H groups in total. The number of methoxy groups -OCH3 is 1. The zero-order chi connectivity index (χ0) is 17.4. The van der Waals surface area contributed by atoms with Crippen molar-refractivity contribution in [2.45, 2.75) is 12.8 Å². The predicted octanol–water partition coefficient (Wildman–Crippen LogP) is 2.46. The van der Waals surface area contributed by atoms with Crippen molar-refractivity contribution in [3.8, 4) is 16.9 Å². The fourth-order valence-electron chi connectivity index (χ4n) is 2.26. The van der Waals surface area contributed by atoms with Crippen LogP contribution in [0, 0.1) is 0 Å². The van der Waals surface area contributed by atoms with Crippen molar-refractivity contribution in [2.24, 2.45) is 5.84 Å². The fraction of sp³-hybridized carbons (Fsp3) is 0.333. The summed E-state index contributed by atoms with van der Waals surface area (Å²) in [5.41, 5.74) is 2.96. The third-order valence-electron chi connectivity index (χ3n) is 3.58. The first-order chi connectivity index (χ1) is 11.6. The van der Waals surface area contributed by atoms with Gasteiger partial charge in [0, 0.05) is 44.1 Å². The molecule has 0 atom stereocenters. The van der Waals surface area contributed by atoms with Crippen LogP contribution in [0.1, 0.15) is 12.0 Å². The van der Waals surface area contributed by atoms with Gasteiger partial charge in [0.25, 0.3) is 0 Å². The number of amides is 1. The molecule has 2 rings (SSSR count). The molecule has 0 saturated heterocycles. The molecule has 0 saturated carbocycles. The SMILES string of the molecule is COCCOc1cc(CCC(=O)N(C)N)ccc1-c1cccnc1.Cl. The number of nitrogens with zero attached hydrogens (tertiary/aromatic N) is 2. The van der Waals surface area contributed by atoms with Crippen LogP contribution >= 0.6 is 12.4 Å². The molecule has 1 amide bonds. The number of aryl methyl sites for hydroxylation is 1. The maximum absolute atomic E-state index is 11.6. The lowest BCUT2D eigenvalue weighted by Crippen LogP contribution is -2.33. The molecular formula is C18H24ClN3O3. The van der Waals surface area contributed by atoms with Crippen molar-refractivity contribution in [3.63, 3.8) is 0 Å². The maximum atomic E-state index is 11.6. The van der Waals surface area contributed by atoms with E-state index in [4.69, 9.17) is 15.3 Å². The molecule has 2 aromatic rings. The smallest absolute Gasteiger partial charge is 0.236 e. The second-order valence-corrected chi connectivity index (χ2v) is 5.42. The molecule has 0 aliphatic rings. The number of rotatable bonds is 8. The Bertz CT molecular complexity index is 666. The summed E-state index contributed by atoms with van der Waals surface area (Å²) in [7, 11) is 3.18. The molecule has 0 radical (unpaired) electrons. The van der Waals surface area contributed by atoms with Gasteiger partial charge in [-0.15, -0.1) is 12.4 Å². The molecule has 6 nitrogen and oxygen atoms in total. The standard InChI is InChI=1S/C18H23N3O3.ClH/c1-21(19)18(22)8-6-14-5-7-16(15-4-3-9-20-13-15)17(12-14)24-11-10-23-2;/h3-5,7,9,12-13H,6,8,10-11,19H2,1-2H3;1H. The van der Waals surface area contributed by atoms with Crippen molar-refractivity contribution >= 4 is 18.3 Å². The normalized spacial score (nSPS) is 10.0. The van der Waals surface area contributed by atoms with Crippen LogP contribution in [0.5, 0.6) is 5.75 Å². The molecule has 25 heavy (non-hydrogen) atoms. The topological polar surface area (TPSA) is 77.7 Å². The average Bonchev–Trinajstić information content (AvgIpc) is 2.60. The van der Waals surface area contributed by atoms with E-state index < -0.39 is 0 Å². The summed E-state index contributed by atoms with van der Waals surface area (Å²) < 4.78 is 10.9. The highest BCUT2D eigenvalue weighted by atomic mass is 35.5. The van der Waals surface area contributed by atoms with Crippen LogP contribution in [0.15, 0.2) is 42.7 Å². The average molecular weight is 366 g/mol. The molecule has 0 unspecified atom stereocenters.